The second-order valence-corrected chi connectivity index (χ2v) is 4.38. The van der Waals surface area contributed by atoms with Crippen LogP contribution in [0.5, 0.6) is 0 Å². The predicted octanol–water partition coefficient (Wildman–Crippen LogP) is 1.13. The Hall–Kier alpha value is 0.190. The van der Waals surface area contributed by atoms with Crippen molar-refractivity contribution in [1.82, 2.24) is 0 Å². The number of hydrogen-bond acceptors (Lipinski definition) is 2. The second kappa shape index (κ2) is 1.61. The highest BCUT2D eigenvalue weighted by Gasteiger charge is 2.36. The molecule has 0 saturated carbocycles. The summed E-state index contributed by atoms with van der Waals surface area (Å²) in [4.78, 5) is 0. The maximum absolute atomic E-state index is 10.7. The Balaban J connectivity index is 2.27. The summed E-state index contributed by atoms with van der Waals surface area (Å²) in [5.41, 5.74) is 0. The van der Waals surface area contributed by atoms with Gasteiger partial charge in [-0.3, -0.25) is 4.57 Å². The highest BCUT2D eigenvalue weighted by molar-refractivity contribution is 7.66. The Bertz CT molecular complexity index is 102. The van der Waals surface area contributed by atoms with E-state index in [4.69, 9.17) is 4.52 Å². The summed E-state index contributed by atoms with van der Waals surface area (Å²) in [5.74, 6) is 0. The largest absolute Gasteiger partial charge is 0.328 e. The molecular weight excluding hydrogens is 111 g/mol. The molecule has 41 valence electrons. The molecule has 0 aromatic rings. The molecule has 1 rings (SSSR count). The Morgan fingerprint density at radius 1 is 1.71 bits per heavy atom. The lowest BCUT2D eigenvalue weighted by Crippen LogP contribution is -1.74. The Morgan fingerprint density at radius 2 is 2.29 bits per heavy atom. The SMILES string of the molecule is [CH2]COP1(=O)CC1. The van der Waals surface area contributed by atoms with E-state index in [9.17, 15) is 4.57 Å². The molecule has 1 aliphatic rings. The van der Waals surface area contributed by atoms with Crippen LogP contribution in [0.3, 0.4) is 0 Å². The molecular formula is C4H8O2P. The van der Waals surface area contributed by atoms with Gasteiger partial charge in [0, 0.05) is 12.3 Å². The lowest BCUT2D eigenvalue weighted by atomic mass is 10.9. The third kappa shape index (κ3) is 1.29. The quantitative estimate of drug-likeness (QED) is 0.509. The lowest BCUT2D eigenvalue weighted by molar-refractivity contribution is 0.368. The minimum absolute atomic E-state index is 0.358. The first-order valence-electron chi connectivity index (χ1n) is 2.29. The Morgan fingerprint density at radius 3 is 2.43 bits per heavy atom. The monoisotopic (exact) mass is 119 g/mol. The number of rotatable bonds is 2. The van der Waals surface area contributed by atoms with E-state index in [1.165, 1.54) is 0 Å². The van der Waals surface area contributed by atoms with Gasteiger partial charge < -0.3 is 4.52 Å². The molecule has 0 aromatic carbocycles. The van der Waals surface area contributed by atoms with Crippen molar-refractivity contribution in [3.63, 3.8) is 0 Å². The van der Waals surface area contributed by atoms with E-state index in [1.807, 2.05) is 0 Å². The molecule has 2 nitrogen and oxygen atoms in total. The molecule has 0 unspecified atom stereocenters. The normalized spacial score (nSPS) is 24.7. The fourth-order valence-electron chi connectivity index (χ4n) is 0.377. The van der Waals surface area contributed by atoms with Crippen LogP contribution in [0, 0.1) is 6.92 Å². The van der Waals surface area contributed by atoms with E-state index in [2.05, 4.69) is 6.92 Å². The molecule has 0 atom stereocenters. The molecule has 7 heavy (non-hydrogen) atoms. The maximum atomic E-state index is 10.7. The molecule has 0 amide bonds. The lowest BCUT2D eigenvalue weighted by Gasteiger charge is -1.91. The molecule has 1 heterocycles. The van der Waals surface area contributed by atoms with Gasteiger partial charge in [0.15, 0.2) is 0 Å². The second-order valence-electron chi connectivity index (χ2n) is 1.59. The van der Waals surface area contributed by atoms with E-state index in [0.29, 0.717) is 6.61 Å². The molecule has 1 aliphatic heterocycles. The van der Waals surface area contributed by atoms with Gasteiger partial charge in [-0.1, -0.05) is 0 Å². The summed E-state index contributed by atoms with van der Waals surface area (Å²) in [5, 5.41) is 0. The average Bonchev–Trinajstić information content (AvgIpc) is 2.22. The van der Waals surface area contributed by atoms with Crippen LogP contribution in [0.1, 0.15) is 0 Å². The fourth-order valence-corrected chi connectivity index (χ4v) is 1.62. The first-order chi connectivity index (χ1) is 3.27. The molecule has 1 saturated heterocycles. The molecule has 1 fully saturated rings. The average molecular weight is 119 g/mol. The minimum atomic E-state index is -1.98. The molecule has 0 spiro atoms. The van der Waals surface area contributed by atoms with E-state index >= 15 is 0 Å². The summed E-state index contributed by atoms with van der Waals surface area (Å²) in [6.45, 7) is 3.78. The van der Waals surface area contributed by atoms with Gasteiger partial charge in [0.2, 0.25) is 7.37 Å². The van der Waals surface area contributed by atoms with Crippen molar-refractivity contribution in [2.24, 2.45) is 0 Å². The van der Waals surface area contributed by atoms with Gasteiger partial charge in [-0.05, 0) is 6.92 Å². The third-order valence-corrected chi connectivity index (χ3v) is 2.75. The van der Waals surface area contributed by atoms with E-state index in [0.717, 1.165) is 12.3 Å². The topological polar surface area (TPSA) is 26.3 Å². The zero-order valence-electron chi connectivity index (χ0n) is 4.09. The van der Waals surface area contributed by atoms with Gasteiger partial charge in [-0.25, -0.2) is 0 Å². The zero-order chi connectivity index (χ0) is 5.33. The molecule has 0 bridgehead atoms. The standard InChI is InChI=1S/C4H8O2P/c1-2-6-7(5)3-4-7/h1-4H2. The summed E-state index contributed by atoms with van der Waals surface area (Å²) >= 11 is 0. The molecule has 0 N–H and O–H groups in total. The van der Waals surface area contributed by atoms with E-state index in [1.54, 1.807) is 0 Å². The van der Waals surface area contributed by atoms with Crippen LogP contribution >= 0.6 is 7.37 Å². The Labute approximate surface area is 43.3 Å². The maximum Gasteiger partial charge on any atom is 0.204 e. The van der Waals surface area contributed by atoms with Crippen molar-refractivity contribution >= 4 is 7.37 Å². The summed E-state index contributed by atoms with van der Waals surface area (Å²) in [6, 6.07) is 0. The van der Waals surface area contributed by atoms with Crippen molar-refractivity contribution in [2.45, 2.75) is 0 Å². The van der Waals surface area contributed by atoms with Crippen LogP contribution in [0.15, 0.2) is 0 Å². The van der Waals surface area contributed by atoms with E-state index in [-0.39, 0.29) is 0 Å². The smallest absolute Gasteiger partial charge is 0.204 e. The first kappa shape index (κ1) is 5.33. The zero-order valence-corrected chi connectivity index (χ0v) is 4.99. The third-order valence-electron chi connectivity index (χ3n) is 0.915. The summed E-state index contributed by atoms with van der Waals surface area (Å²) < 4.78 is 15.4. The molecule has 0 aliphatic carbocycles. The first-order valence-corrected chi connectivity index (χ1v) is 4.28. The van der Waals surface area contributed by atoms with Crippen molar-refractivity contribution in [3.8, 4) is 0 Å². The fraction of sp³-hybridized carbons (Fsp3) is 0.750. The van der Waals surface area contributed by atoms with Gasteiger partial charge >= 0.3 is 0 Å². The minimum Gasteiger partial charge on any atom is -0.328 e. The molecule has 1 radical (unpaired) electrons. The highest BCUT2D eigenvalue weighted by atomic mass is 31.2. The van der Waals surface area contributed by atoms with Crippen molar-refractivity contribution in [2.75, 3.05) is 18.9 Å². The van der Waals surface area contributed by atoms with Crippen molar-refractivity contribution in [1.29, 1.82) is 0 Å². The van der Waals surface area contributed by atoms with Gasteiger partial charge in [0.05, 0.1) is 6.61 Å². The van der Waals surface area contributed by atoms with Crippen LogP contribution in [-0.2, 0) is 9.09 Å². The van der Waals surface area contributed by atoms with E-state index < -0.39 is 7.37 Å². The predicted molar refractivity (Wildman–Crippen MR) is 28.6 cm³/mol. The van der Waals surface area contributed by atoms with Gasteiger partial charge in [-0.15, -0.1) is 0 Å². The summed E-state index contributed by atoms with van der Waals surface area (Å²) in [6.07, 6.45) is 1.56. The molecule has 3 heteroatoms. The van der Waals surface area contributed by atoms with Gasteiger partial charge in [0.1, 0.15) is 0 Å². The van der Waals surface area contributed by atoms with Crippen molar-refractivity contribution in [3.05, 3.63) is 6.92 Å². The van der Waals surface area contributed by atoms with Gasteiger partial charge in [-0.2, -0.15) is 0 Å². The van der Waals surface area contributed by atoms with Crippen LogP contribution in [-0.4, -0.2) is 18.9 Å². The van der Waals surface area contributed by atoms with Crippen LogP contribution in [0.25, 0.3) is 0 Å². The number of hydrogen-bond donors (Lipinski definition) is 0. The van der Waals surface area contributed by atoms with Crippen LogP contribution < -0.4 is 0 Å². The molecule has 0 aromatic heterocycles. The Kier molecular flexibility index (Phi) is 1.22. The highest BCUT2D eigenvalue weighted by Crippen LogP contribution is 2.60. The van der Waals surface area contributed by atoms with Gasteiger partial charge in [0.25, 0.3) is 0 Å². The van der Waals surface area contributed by atoms with Crippen LogP contribution in [0.2, 0.25) is 0 Å². The van der Waals surface area contributed by atoms with Crippen LogP contribution in [0.4, 0.5) is 0 Å². The van der Waals surface area contributed by atoms with Crippen molar-refractivity contribution < 1.29 is 9.09 Å². The summed E-state index contributed by atoms with van der Waals surface area (Å²) in [7, 11) is -1.98.